The molecule has 6 nitrogen and oxygen atoms in total. The van der Waals surface area contributed by atoms with Crippen molar-refractivity contribution in [3.8, 4) is 11.8 Å². The minimum Gasteiger partial charge on any atom is -0.370 e. The minimum absolute atomic E-state index is 0.424. The number of rotatable bonds is 4. The standard InChI is InChI=1S/C19H19ClN6/c20-17-7-14-9-23-26(16-10-22-25(12-16)15-1-2-15)18(14)8-19(17)24-6-4-13(11-24)3-5-21/h7-10,12-13,15H,1-4,6,11H2/t13-/m0/s1. The van der Waals surface area contributed by atoms with Crippen molar-refractivity contribution in [3.05, 3.63) is 35.7 Å². The van der Waals surface area contributed by atoms with Crippen molar-refractivity contribution in [1.29, 1.82) is 5.26 Å². The summed E-state index contributed by atoms with van der Waals surface area (Å²) in [7, 11) is 0. The van der Waals surface area contributed by atoms with Gasteiger partial charge in [-0.3, -0.25) is 4.68 Å². The van der Waals surface area contributed by atoms with Crippen molar-refractivity contribution in [2.24, 2.45) is 5.92 Å². The molecule has 0 amide bonds. The van der Waals surface area contributed by atoms with E-state index < -0.39 is 0 Å². The molecule has 5 rings (SSSR count). The van der Waals surface area contributed by atoms with Crippen LogP contribution in [0.4, 0.5) is 5.69 Å². The molecule has 0 unspecified atom stereocenters. The number of hydrogen-bond donors (Lipinski definition) is 0. The van der Waals surface area contributed by atoms with E-state index in [1.54, 1.807) is 0 Å². The van der Waals surface area contributed by atoms with Crippen LogP contribution in [-0.4, -0.2) is 32.7 Å². The highest BCUT2D eigenvalue weighted by atomic mass is 35.5. The molecule has 2 fully saturated rings. The Morgan fingerprint density at radius 1 is 1.19 bits per heavy atom. The summed E-state index contributed by atoms with van der Waals surface area (Å²) in [5.74, 6) is 0.424. The molecule has 0 radical (unpaired) electrons. The van der Waals surface area contributed by atoms with Gasteiger partial charge in [-0.25, -0.2) is 4.68 Å². The van der Waals surface area contributed by atoms with Gasteiger partial charge in [-0.1, -0.05) is 11.6 Å². The molecule has 1 aliphatic heterocycles. The van der Waals surface area contributed by atoms with Crippen molar-refractivity contribution in [1.82, 2.24) is 19.6 Å². The van der Waals surface area contributed by atoms with Crippen LogP contribution in [0.5, 0.6) is 0 Å². The molecule has 0 spiro atoms. The van der Waals surface area contributed by atoms with Gasteiger partial charge in [-0.15, -0.1) is 0 Å². The van der Waals surface area contributed by atoms with Gasteiger partial charge < -0.3 is 4.90 Å². The van der Waals surface area contributed by atoms with E-state index >= 15 is 0 Å². The molecule has 1 aliphatic carbocycles. The first kappa shape index (κ1) is 15.7. The maximum Gasteiger partial charge on any atom is 0.103 e. The lowest BCUT2D eigenvalue weighted by Gasteiger charge is -2.20. The molecular weight excluding hydrogens is 348 g/mol. The SMILES string of the molecule is N#CC[C@H]1CCN(c2cc3c(cnn3-c3cnn(C4CC4)c3)cc2Cl)C1. The lowest BCUT2D eigenvalue weighted by Crippen LogP contribution is -2.20. The second-order valence-electron chi connectivity index (χ2n) is 7.29. The second-order valence-corrected chi connectivity index (χ2v) is 7.70. The van der Waals surface area contributed by atoms with Gasteiger partial charge >= 0.3 is 0 Å². The number of aromatic nitrogens is 4. The van der Waals surface area contributed by atoms with Crippen LogP contribution >= 0.6 is 11.6 Å². The molecule has 26 heavy (non-hydrogen) atoms. The Bertz CT molecular complexity index is 1010. The zero-order chi connectivity index (χ0) is 17.7. The first-order chi connectivity index (χ1) is 12.7. The van der Waals surface area contributed by atoms with Crippen molar-refractivity contribution in [2.45, 2.75) is 31.7 Å². The number of fused-ring (bicyclic) bond motifs is 1. The first-order valence-electron chi connectivity index (χ1n) is 9.06. The summed E-state index contributed by atoms with van der Waals surface area (Å²) < 4.78 is 3.97. The third kappa shape index (κ3) is 2.63. The maximum atomic E-state index is 8.95. The molecule has 1 atom stereocenters. The quantitative estimate of drug-likeness (QED) is 0.701. The van der Waals surface area contributed by atoms with E-state index in [9.17, 15) is 0 Å². The highest BCUT2D eigenvalue weighted by Crippen LogP contribution is 2.36. The molecule has 0 N–H and O–H groups in total. The van der Waals surface area contributed by atoms with Gasteiger partial charge in [0.2, 0.25) is 0 Å². The molecule has 1 aromatic carbocycles. The summed E-state index contributed by atoms with van der Waals surface area (Å²) in [4.78, 5) is 2.29. The molecule has 0 bridgehead atoms. The van der Waals surface area contributed by atoms with Gasteiger partial charge in [-0.2, -0.15) is 15.5 Å². The Labute approximate surface area is 156 Å². The van der Waals surface area contributed by atoms with Crippen LogP contribution in [0.2, 0.25) is 5.02 Å². The lowest BCUT2D eigenvalue weighted by molar-refractivity contribution is 0.606. The fourth-order valence-electron chi connectivity index (χ4n) is 3.81. The van der Waals surface area contributed by atoms with Gasteiger partial charge in [0, 0.05) is 24.9 Å². The summed E-state index contributed by atoms with van der Waals surface area (Å²) >= 11 is 6.56. The minimum atomic E-state index is 0.424. The molecule has 3 aromatic rings. The van der Waals surface area contributed by atoms with Crippen LogP contribution in [0.25, 0.3) is 16.6 Å². The summed E-state index contributed by atoms with van der Waals surface area (Å²) in [5.41, 5.74) is 3.03. The fraction of sp³-hybridized carbons (Fsp3) is 0.421. The van der Waals surface area contributed by atoms with Crippen molar-refractivity contribution in [2.75, 3.05) is 18.0 Å². The summed E-state index contributed by atoms with van der Waals surface area (Å²) in [6.45, 7) is 1.82. The van der Waals surface area contributed by atoms with Crippen LogP contribution in [0.15, 0.2) is 30.7 Å². The molecular formula is C19H19ClN6. The van der Waals surface area contributed by atoms with E-state index in [1.165, 1.54) is 12.8 Å². The predicted octanol–water partition coefficient (Wildman–Crippen LogP) is 3.95. The molecule has 2 aliphatic rings. The smallest absolute Gasteiger partial charge is 0.103 e. The average molecular weight is 367 g/mol. The van der Waals surface area contributed by atoms with Crippen molar-refractivity contribution >= 4 is 28.2 Å². The largest absolute Gasteiger partial charge is 0.370 e. The average Bonchev–Trinajstić information content (AvgIpc) is 3.04. The summed E-state index contributed by atoms with van der Waals surface area (Å²) in [6.07, 6.45) is 9.85. The number of hydrogen-bond acceptors (Lipinski definition) is 4. The van der Waals surface area contributed by atoms with Gasteiger partial charge in [0.25, 0.3) is 0 Å². The number of nitriles is 1. The molecule has 7 heteroatoms. The van der Waals surface area contributed by atoms with E-state index in [2.05, 4.69) is 33.4 Å². The normalized spacial score (nSPS) is 20.0. The number of nitrogens with zero attached hydrogens (tertiary/aromatic N) is 6. The van der Waals surface area contributed by atoms with Crippen LogP contribution in [0.3, 0.4) is 0 Å². The third-order valence-electron chi connectivity index (χ3n) is 5.40. The lowest BCUT2D eigenvalue weighted by atomic mass is 10.1. The summed E-state index contributed by atoms with van der Waals surface area (Å²) in [6, 6.07) is 6.94. The van der Waals surface area contributed by atoms with Gasteiger partial charge in [0.15, 0.2) is 0 Å². The van der Waals surface area contributed by atoms with E-state index in [0.29, 0.717) is 18.4 Å². The Morgan fingerprint density at radius 3 is 2.88 bits per heavy atom. The third-order valence-corrected chi connectivity index (χ3v) is 5.70. The van der Waals surface area contributed by atoms with E-state index in [4.69, 9.17) is 16.9 Å². The number of anilines is 1. The van der Waals surface area contributed by atoms with E-state index in [0.717, 1.165) is 46.8 Å². The zero-order valence-corrected chi connectivity index (χ0v) is 15.1. The number of benzene rings is 1. The predicted molar refractivity (Wildman–Crippen MR) is 101 cm³/mol. The number of halogens is 1. The van der Waals surface area contributed by atoms with Crippen LogP contribution in [0, 0.1) is 17.2 Å². The van der Waals surface area contributed by atoms with Crippen molar-refractivity contribution in [3.63, 3.8) is 0 Å². The van der Waals surface area contributed by atoms with Crippen LogP contribution in [0.1, 0.15) is 31.7 Å². The zero-order valence-electron chi connectivity index (χ0n) is 14.3. The van der Waals surface area contributed by atoms with Crippen molar-refractivity contribution < 1.29 is 0 Å². The monoisotopic (exact) mass is 366 g/mol. The summed E-state index contributed by atoms with van der Waals surface area (Å²) in [5, 5.41) is 19.7. The molecule has 3 heterocycles. The Morgan fingerprint density at radius 2 is 2.08 bits per heavy atom. The maximum absolute atomic E-state index is 8.95. The molecule has 2 aromatic heterocycles. The molecule has 1 saturated heterocycles. The van der Waals surface area contributed by atoms with Crippen LogP contribution in [-0.2, 0) is 0 Å². The molecule has 132 valence electrons. The van der Waals surface area contributed by atoms with E-state index in [1.807, 2.05) is 27.8 Å². The Balaban J connectivity index is 1.52. The Kier molecular flexibility index (Phi) is 3.64. The Hall–Kier alpha value is -2.52. The molecule has 1 saturated carbocycles. The van der Waals surface area contributed by atoms with E-state index in [-0.39, 0.29) is 0 Å². The first-order valence-corrected chi connectivity index (χ1v) is 9.44. The topological polar surface area (TPSA) is 62.7 Å². The van der Waals surface area contributed by atoms with Gasteiger partial charge in [0.1, 0.15) is 5.69 Å². The van der Waals surface area contributed by atoms with Gasteiger partial charge in [0.05, 0.1) is 46.9 Å². The second kappa shape index (κ2) is 6.03. The van der Waals surface area contributed by atoms with Crippen LogP contribution < -0.4 is 4.90 Å². The highest BCUT2D eigenvalue weighted by Gasteiger charge is 2.26. The van der Waals surface area contributed by atoms with Gasteiger partial charge in [-0.05, 0) is 37.3 Å². The highest BCUT2D eigenvalue weighted by molar-refractivity contribution is 6.34. The fourth-order valence-corrected chi connectivity index (χ4v) is 4.10.